The van der Waals surface area contributed by atoms with Gasteiger partial charge in [0.25, 0.3) is 0 Å². The molecule has 1 heterocycles. The molecule has 0 spiro atoms. The number of rotatable bonds is 11. The number of hydrogen-bond acceptors (Lipinski definition) is 6. The predicted molar refractivity (Wildman–Crippen MR) is 117 cm³/mol. The van der Waals surface area contributed by atoms with E-state index in [2.05, 4.69) is 27.7 Å². The first-order valence-corrected chi connectivity index (χ1v) is 10.4. The van der Waals surface area contributed by atoms with Crippen LogP contribution in [0.3, 0.4) is 0 Å². The summed E-state index contributed by atoms with van der Waals surface area (Å²) < 4.78 is 11.0. The zero-order valence-electron chi connectivity index (χ0n) is 17.2. The number of nitrogens with one attached hydrogen (secondary N) is 2. The number of aliphatic hydroxyl groups excluding tert-OH is 1. The summed E-state index contributed by atoms with van der Waals surface area (Å²) in [5.41, 5.74) is 1.16. The smallest absolute Gasteiger partial charge is 0.161 e. The van der Waals surface area contributed by atoms with Crippen LogP contribution in [0.4, 0.5) is 5.69 Å². The Bertz CT molecular complexity index is 706. The number of aliphatic hydroxyl groups is 1. The molecule has 29 heavy (non-hydrogen) atoms. The van der Waals surface area contributed by atoms with E-state index in [4.69, 9.17) is 9.47 Å². The summed E-state index contributed by atoms with van der Waals surface area (Å²) >= 11 is 0. The van der Waals surface area contributed by atoms with Crippen LogP contribution >= 0.6 is 0 Å². The van der Waals surface area contributed by atoms with Crippen LogP contribution in [0.25, 0.3) is 0 Å². The Morgan fingerprint density at radius 1 is 1.00 bits per heavy atom. The second-order valence-corrected chi connectivity index (χ2v) is 7.44. The molecule has 1 saturated heterocycles. The summed E-state index contributed by atoms with van der Waals surface area (Å²) in [5.74, 6) is 1.36. The standard InChI is InChI=1S/C23H33N3O3/c1-28-22-9-5-6-10-23(22)29-18-21(27)17-26-15-11-20(12-16-26)25-14-13-24-19-7-3-2-4-8-19/h2-10,20-21,24-25,27H,11-18H2,1H3. The fourth-order valence-electron chi connectivity index (χ4n) is 3.63. The van der Waals surface area contributed by atoms with Crippen molar-refractivity contribution in [1.82, 2.24) is 10.2 Å². The van der Waals surface area contributed by atoms with Crippen molar-refractivity contribution in [3.63, 3.8) is 0 Å². The van der Waals surface area contributed by atoms with Crippen molar-refractivity contribution in [2.75, 3.05) is 51.8 Å². The number of likely N-dealkylation sites (tertiary alicyclic amines) is 1. The minimum Gasteiger partial charge on any atom is -0.493 e. The fourth-order valence-corrected chi connectivity index (χ4v) is 3.63. The minimum atomic E-state index is -0.514. The van der Waals surface area contributed by atoms with Crippen LogP contribution in [0, 0.1) is 0 Å². The molecule has 6 heteroatoms. The molecular weight excluding hydrogens is 366 g/mol. The summed E-state index contributed by atoms with van der Waals surface area (Å²) in [7, 11) is 1.62. The number of para-hydroxylation sites is 3. The second-order valence-electron chi connectivity index (χ2n) is 7.44. The van der Waals surface area contributed by atoms with Crippen molar-refractivity contribution in [1.29, 1.82) is 0 Å². The van der Waals surface area contributed by atoms with Gasteiger partial charge in [-0.1, -0.05) is 30.3 Å². The van der Waals surface area contributed by atoms with Gasteiger partial charge in [-0.15, -0.1) is 0 Å². The maximum absolute atomic E-state index is 10.3. The molecule has 6 nitrogen and oxygen atoms in total. The monoisotopic (exact) mass is 399 g/mol. The molecule has 0 amide bonds. The number of β-amino-alcohol motifs (C(OH)–C–C–N with tert-alkyl or cyclic N) is 1. The van der Waals surface area contributed by atoms with Crippen LogP contribution in [-0.2, 0) is 0 Å². The zero-order chi connectivity index (χ0) is 20.3. The Morgan fingerprint density at radius 3 is 2.41 bits per heavy atom. The maximum atomic E-state index is 10.3. The van der Waals surface area contributed by atoms with Crippen LogP contribution in [0.5, 0.6) is 11.5 Å². The first-order valence-electron chi connectivity index (χ1n) is 10.4. The minimum absolute atomic E-state index is 0.268. The van der Waals surface area contributed by atoms with E-state index >= 15 is 0 Å². The van der Waals surface area contributed by atoms with Gasteiger partial charge in [-0.05, 0) is 50.2 Å². The first kappa shape index (κ1) is 21.4. The number of benzene rings is 2. The van der Waals surface area contributed by atoms with Gasteiger partial charge in [-0.25, -0.2) is 0 Å². The van der Waals surface area contributed by atoms with Crippen molar-refractivity contribution in [2.45, 2.75) is 25.0 Å². The quantitative estimate of drug-likeness (QED) is 0.505. The Hall–Kier alpha value is -2.28. The molecule has 2 aromatic rings. The highest BCUT2D eigenvalue weighted by atomic mass is 16.5. The number of ether oxygens (including phenoxy) is 2. The van der Waals surface area contributed by atoms with Gasteiger partial charge in [0, 0.05) is 31.4 Å². The lowest BCUT2D eigenvalue weighted by atomic mass is 10.0. The van der Waals surface area contributed by atoms with E-state index in [0.717, 1.165) is 44.7 Å². The largest absolute Gasteiger partial charge is 0.493 e. The zero-order valence-corrected chi connectivity index (χ0v) is 17.2. The van der Waals surface area contributed by atoms with Crippen LogP contribution in [0.1, 0.15) is 12.8 Å². The Kier molecular flexibility index (Phi) is 8.61. The Labute approximate surface area is 173 Å². The molecule has 1 fully saturated rings. The second kappa shape index (κ2) is 11.7. The number of methoxy groups -OCH3 is 1. The molecule has 1 unspecified atom stereocenters. The van der Waals surface area contributed by atoms with Crippen molar-refractivity contribution >= 4 is 5.69 Å². The van der Waals surface area contributed by atoms with E-state index in [1.807, 2.05) is 42.5 Å². The summed E-state index contributed by atoms with van der Waals surface area (Å²) in [5, 5.41) is 17.4. The van der Waals surface area contributed by atoms with Crippen LogP contribution in [0.15, 0.2) is 54.6 Å². The van der Waals surface area contributed by atoms with Gasteiger partial charge < -0.3 is 30.1 Å². The van der Waals surface area contributed by atoms with Gasteiger partial charge in [0.15, 0.2) is 11.5 Å². The molecule has 158 valence electrons. The number of piperidine rings is 1. The highest BCUT2D eigenvalue weighted by Crippen LogP contribution is 2.25. The summed E-state index contributed by atoms with van der Waals surface area (Å²) in [6, 6.07) is 18.3. The lowest BCUT2D eigenvalue weighted by Gasteiger charge is -2.33. The van der Waals surface area contributed by atoms with Crippen LogP contribution in [-0.4, -0.2) is 68.6 Å². The molecule has 0 aliphatic carbocycles. The van der Waals surface area contributed by atoms with E-state index in [-0.39, 0.29) is 6.61 Å². The van der Waals surface area contributed by atoms with Crippen molar-refractivity contribution < 1.29 is 14.6 Å². The molecule has 0 aromatic heterocycles. The van der Waals surface area contributed by atoms with Crippen LogP contribution in [0.2, 0.25) is 0 Å². The molecule has 0 saturated carbocycles. The molecule has 3 N–H and O–H groups in total. The third kappa shape index (κ3) is 7.24. The molecule has 1 atom stereocenters. The number of hydrogen-bond donors (Lipinski definition) is 3. The number of anilines is 1. The summed E-state index contributed by atoms with van der Waals surface area (Å²) in [4.78, 5) is 2.32. The molecule has 1 aliphatic heterocycles. The molecule has 3 rings (SSSR count). The van der Waals surface area contributed by atoms with Crippen molar-refractivity contribution in [2.24, 2.45) is 0 Å². The summed E-state index contributed by atoms with van der Waals surface area (Å²) in [6.07, 6.45) is 1.69. The molecule has 1 aliphatic rings. The summed E-state index contributed by atoms with van der Waals surface area (Å²) in [6.45, 7) is 4.77. The lowest BCUT2D eigenvalue weighted by Crippen LogP contribution is -2.46. The third-order valence-corrected chi connectivity index (χ3v) is 5.22. The maximum Gasteiger partial charge on any atom is 0.161 e. The molecule has 0 bridgehead atoms. The van der Waals surface area contributed by atoms with E-state index in [9.17, 15) is 5.11 Å². The highest BCUT2D eigenvalue weighted by molar-refractivity contribution is 5.42. The van der Waals surface area contributed by atoms with Gasteiger partial charge in [0.05, 0.1) is 7.11 Å². The van der Waals surface area contributed by atoms with Crippen molar-refractivity contribution in [3.05, 3.63) is 54.6 Å². The number of nitrogens with zero attached hydrogens (tertiary/aromatic N) is 1. The highest BCUT2D eigenvalue weighted by Gasteiger charge is 2.21. The van der Waals surface area contributed by atoms with Gasteiger partial charge in [0.2, 0.25) is 0 Å². The average molecular weight is 400 g/mol. The van der Waals surface area contributed by atoms with Crippen molar-refractivity contribution in [3.8, 4) is 11.5 Å². The predicted octanol–water partition coefficient (Wildman–Crippen LogP) is 2.60. The van der Waals surface area contributed by atoms with Gasteiger partial charge in [-0.3, -0.25) is 0 Å². The first-order chi connectivity index (χ1) is 14.2. The Morgan fingerprint density at radius 2 is 1.69 bits per heavy atom. The molecule has 2 aromatic carbocycles. The molecule has 0 radical (unpaired) electrons. The average Bonchev–Trinajstić information content (AvgIpc) is 2.77. The normalized spacial score (nSPS) is 16.3. The fraction of sp³-hybridized carbons (Fsp3) is 0.478. The van der Waals surface area contributed by atoms with Gasteiger partial charge >= 0.3 is 0 Å². The lowest BCUT2D eigenvalue weighted by molar-refractivity contribution is 0.0572. The SMILES string of the molecule is COc1ccccc1OCC(O)CN1CCC(NCCNc2ccccc2)CC1. The Balaban J connectivity index is 1.28. The van der Waals surface area contributed by atoms with Gasteiger partial charge in [-0.2, -0.15) is 0 Å². The topological polar surface area (TPSA) is 66.0 Å². The third-order valence-electron chi connectivity index (χ3n) is 5.22. The van der Waals surface area contributed by atoms with E-state index in [1.54, 1.807) is 7.11 Å². The van der Waals surface area contributed by atoms with E-state index < -0.39 is 6.10 Å². The van der Waals surface area contributed by atoms with E-state index in [0.29, 0.717) is 24.1 Å². The van der Waals surface area contributed by atoms with E-state index in [1.165, 1.54) is 0 Å². The van der Waals surface area contributed by atoms with Crippen LogP contribution < -0.4 is 20.1 Å². The molecular formula is C23H33N3O3. The van der Waals surface area contributed by atoms with Gasteiger partial charge in [0.1, 0.15) is 12.7 Å².